The summed E-state index contributed by atoms with van der Waals surface area (Å²) < 4.78 is 13.0. The average Bonchev–Trinajstić information content (AvgIpc) is 2.84. The molecule has 2 aromatic rings. The van der Waals surface area contributed by atoms with E-state index in [9.17, 15) is 14.7 Å². The SMILES string of the molecule is O=C1C(=O)c2ccc(Br)cc2C2=C1SCC1(CCN(C[C@H](O)COc3ccc(Cl)cc3)CC1)O2. The van der Waals surface area contributed by atoms with Crippen LogP contribution >= 0.6 is 39.3 Å². The predicted octanol–water partition coefficient (Wildman–Crippen LogP) is 4.57. The van der Waals surface area contributed by atoms with E-state index in [1.807, 2.05) is 6.07 Å². The molecular weight excluding hydrogens is 542 g/mol. The van der Waals surface area contributed by atoms with Gasteiger partial charge in [-0.3, -0.25) is 9.59 Å². The summed E-state index contributed by atoms with van der Waals surface area (Å²) in [5.41, 5.74) is 0.675. The minimum Gasteiger partial charge on any atom is -0.491 e. The largest absolute Gasteiger partial charge is 0.491 e. The average molecular weight is 565 g/mol. The van der Waals surface area contributed by atoms with Gasteiger partial charge in [0.05, 0.1) is 0 Å². The van der Waals surface area contributed by atoms with Crippen LogP contribution in [0.2, 0.25) is 5.02 Å². The summed E-state index contributed by atoms with van der Waals surface area (Å²) in [7, 11) is 0. The molecule has 34 heavy (non-hydrogen) atoms. The Morgan fingerprint density at radius 2 is 1.85 bits per heavy atom. The van der Waals surface area contributed by atoms with E-state index in [0.717, 1.165) is 30.4 Å². The zero-order chi connectivity index (χ0) is 23.9. The number of allylic oxidation sites excluding steroid dienone is 1. The number of benzene rings is 2. The first-order valence-electron chi connectivity index (χ1n) is 11.1. The molecule has 0 radical (unpaired) electrons. The van der Waals surface area contributed by atoms with Crippen LogP contribution in [0.1, 0.15) is 28.8 Å². The number of fused-ring (bicyclic) bond motifs is 2. The number of Topliss-reactive ketones (excluding diaryl/α,β-unsaturated/α-hetero) is 2. The van der Waals surface area contributed by atoms with Gasteiger partial charge < -0.3 is 19.5 Å². The number of ether oxygens (including phenoxy) is 2. The van der Waals surface area contributed by atoms with Gasteiger partial charge in [-0.15, -0.1) is 11.8 Å². The number of ketones is 2. The number of rotatable bonds is 5. The summed E-state index contributed by atoms with van der Waals surface area (Å²) in [5.74, 6) is 0.876. The highest BCUT2D eigenvalue weighted by Gasteiger charge is 2.46. The molecule has 1 N–H and O–H groups in total. The third-order valence-electron chi connectivity index (χ3n) is 6.38. The molecule has 178 valence electrons. The van der Waals surface area contributed by atoms with Crippen LogP contribution in [-0.4, -0.2) is 65.3 Å². The smallest absolute Gasteiger partial charge is 0.243 e. The second-order valence-corrected chi connectivity index (χ2v) is 11.1. The van der Waals surface area contributed by atoms with Gasteiger partial charge in [-0.1, -0.05) is 27.5 Å². The molecule has 2 heterocycles. The Labute approximate surface area is 215 Å². The third kappa shape index (κ3) is 4.79. The number of aliphatic hydroxyl groups is 1. The van der Waals surface area contributed by atoms with Crippen molar-refractivity contribution in [3.05, 3.63) is 68.0 Å². The highest BCUT2D eigenvalue weighted by Crippen LogP contribution is 2.47. The van der Waals surface area contributed by atoms with Crippen LogP contribution in [0.5, 0.6) is 5.75 Å². The number of aliphatic hydroxyl groups excluding tert-OH is 1. The van der Waals surface area contributed by atoms with E-state index in [1.165, 1.54) is 11.8 Å². The molecule has 0 aromatic heterocycles. The second kappa shape index (κ2) is 9.66. The van der Waals surface area contributed by atoms with E-state index in [4.69, 9.17) is 21.1 Å². The number of β-amino-alcohol motifs (C(OH)–C–C–N with tert-alkyl or cyclic N) is 1. The van der Waals surface area contributed by atoms with E-state index in [2.05, 4.69) is 20.8 Å². The summed E-state index contributed by atoms with van der Waals surface area (Å²) in [6, 6.07) is 12.4. The number of carbonyl (C=O) groups excluding carboxylic acids is 2. The Bertz CT molecular complexity index is 1160. The first kappa shape index (κ1) is 23.9. The van der Waals surface area contributed by atoms with Crippen molar-refractivity contribution < 1.29 is 24.2 Å². The summed E-state index contributed by atoms with van der Waals surface area (Å²) in [6.07, 6.45) is 0.923. The first-order valence-corrected chi connectivity index (χ1v) is 13.2. The lowest BCUT2D eigenvalue weighted by Gasteiger charge is -2.45. The van der Waals surface area contributed by atoms with Crippen LogP contribution in [-0.2, 0) is 9.53 Å². The maximum absolute atomic E-state index is 12.7. The predicted molar refractivity (Wildman–Crippen MR) is 135 cm³/mol. The molecule has 0 amide bonds. The number of thioether (sulfide) groups is 1. The number of hydrogen-bond donors (Lipinski definition) is 1. The fourth-order valence-electron chi connectivity index (χ4n) is 4.50. The lowest BCUT2D eigenvalue weighted by molar-refractivity contribution is -0.111. The van der Waals surface area contributed by atoms with E-state index >= 15 is 0 Å². The monoisotopic (exact) mass is 563 g/mol. The number of likely N-dealkylation sites (tertiary alicyclic amines) is 1. The van der Waals surface area contributed by atoms with E-state index < -0.39 is 23.3 Å². The zero-order valence-electron chi connectivity index (χ0n) is 18.3. The van der Waals surface area contributed by atoms with Gasteiger partial charge in [0.2, 0.25) is 11.6 Å². The Morgan fingerprint density at radius 1 is 1.12 bits per heavy atom. The molecule has 3 aliphatic rings. The molecule has 5 rings (SSSR count). The van der Waals surface area contributed by atoms with E-state index in [-0.39, 0.29) is 6.61 Å². The molecule has 1 atom stereocenters. The molecule has 1 fully saturated rings. The summed E-state index contributed by atoms with van der Waals surface area (Å²) >= 11 is 10.8. The number of nitrogens with zero attached hydrogens (tertiary/aromatic N) is 1. The van der Waals surface area contributed by atoms with E-state index in [1.54, 1.807) is 36.4 Å². The van der Waals surface area contributed by atoms with Crippen LogP contribution in [0.25, 0.3) is 5.76 Å². The Morgan fingerprint density at radius 3 is 2.59 bits per heavy atom. The van der Waals surface area contributed by atoms with Gasteiger partial charge in [-0.2, -0.15) is 0 Å². The molecule has 0 unspecified atom stereocenters. The third-order valence-corrected chi connectivity index (χ3v) is 8.46. The zero-order valence-corrected chi connectivity index (χ0v) is 21.4. The fraction of sp³-hybridized carbons (Fsp3) is 0.360. The van der Waals surface area contributed by atoms with Crippen molar-refractivity contribution in [3.8, 4) is 5.75 Å². The van der Waals surface area contributed by atoms with Gasteiger partial charge in [-0.05, 0) is 42.5 Å². The second-order valence-electron chi connectivity index (χ2n) is 8.80. The van der Waals surface area contributed by atoms with Gasteiger partial charge in [-0.25, -0.2) is 0 Å². The molecule has 6 nitrogen and oxygen atoms in total. The number of halogens is 2. The summed E-state index contributed by atoms with van der Waals surface area (Å²) in [6.45, 7) is 2.24. The number of hydrogen-bond acceptors (Lipinski definition) is 7. The van der Waals surface area contributed by atoms with Crippen LogP contribution < -0.4 is 4.74 Å². The minimum atomic E-state index is -0.619. The van der Waals surface area contributed by atoms with Crippen molar-refractivity contribution in [2.45, 2.75) is 24.5 Å². The Balaban J connectivity index is 1.21. The fourth-order valence-corrected chi connectivity index (χ4v) is 6.25. The Hall–Kier alpha value is -1.84. The molecular formula is C25H23BrClNO5S. The van der Waals surface area contributed by atoms with Gasteiger partial charge in [0.1, 0.15) is 34.7 Å². The van der Waals surface area contributed by atoms with Crippen molar-refractivity contribution in [2.24, 2.45) is 0 Å². The first-order chi connectivity index (χ1) is 16.3. The lowest BCUT2D eigenvalue weighted by Crippen LogP contribution is -2.51. The van der Waals surface area contributed by atoms with Crippen LogP contribution in [0.4, 0.5) is 0 Å². The molecule has 1 saturated heterocycles. The van der Waals surface area contributed by atoms with Crippen molar-refractivity contribution in [2.75, 3.05) is 32.0 Å². The van der Waals surface area contributed by atoms with Gasteiger partial charge in [0.25, 0.3) is 0 Å². The summed E-state index contributed by atoms with van der Waals surface area (Å²) in [4.78, 5) is 27.8. The molecule has 9 heteroatoms. The molecule has 2 aliphatic heterocycles. The van der Waals surface area contributed by atoms with Crippen LogP contribution in [0.15, 0.2) is 51.8 Å². The highest BCUT2D eigenvalue weighted by molar-refractivity contribution is 9.10. The molecule has 0 saturated carbocycles. The van der Waals surface area contributed by atoms with Crippen molar-refractivity contribution >= 4 is 56.6 Å². The molecule has 0 bridgehead atoms. The van der Waals surface area contributed by atoms with Crippen molar-refractivity contribution in [3.63, 3.8) is 0 Å². The maximum atomic E-state index is 12.7. The van der Waals surface area contributed by atoms with Crippen LogP contribution in [0, 0.1) is 0 Å². The van der Waals surface area contributed by atoms with Crippen molar-refractivity contribution in [1.29, 1.82) is 0 Å². The normalized spacial score (nSPS) is 20.6. The highest BCUT2D eigenvalue weighted by atomic mass is 79.9. The molecule has 1 aliphatic carbocycles. The number of piperidine rings is 1. The molecule has 2 aromatic carbocycles. The molecule has 1 spiro atoms. The lowest BCUT2D eigenvalue weighted by atomic mass is 9.90. The van der Waals surface area contributed by atoms with Gasteiger partial charge in [0.15, 0.2) is 0 Å². The minimum absolute atomic E-state index is 0.202. The standard InChI is InChI=1S/C25H23BrClNO5S/c26-15-1-6-19-20(11-15)23-24(22(31)21(19)30)34-14-25(33-23)7-9-28(10-8-25)12-17(29)13-32-18-4-2-16(27)3-5-18/h1-6,11,17,29H,7-10,12-14H2/t17-/m0/s1. The Kier molecular flexibility index (Phi) is 6.79. The summed E-state index contributed by atoms with van der Waals surface area (Å²) in [5, 5.41) is 11.1. The van der Waals surface area contributed by atoms with Gasteiger partial charge >= 0.3 is 0 Å². The van der Waals surface area contributed by atoms with Crippen LogP contribution in [0.3, 0.4) is 0 Å². The number of carbonyl (C=O) groups is 2. The quantitative estimate of drug-likeness (QED) is 0.533. The van der Waals surface area contributed by atoms with Crippen molar-refractivity contribution in [1.82, 2.24) is 4.90 Å². The topological polar surface area (TPSA) is 76.1 Å². The van der Waals surface area contributed by atoms with E-state index in [0.29, 0.717) is 44.9 Å². The maximum Gasteiger partial charge on any atom is 0.243 e. The van der Waals surface area contributed by atoms with Gasteiger partial charge in [0, 0.05) is 58.9 Å².